The van der Waals surface area contributed by atoms with Gasteiger partial charge in [-0.05, 0) is 48.8 Å². The van der Waals surface area contributed by atoms with Crippen molar-refractivity contribution in [3.05, 3.63) is 68.7 Å². The molecule has 154 valence electrons. The van der Waals surface area contributed by atoms with Crippen molar-refractivity contribution in [3.8, 4) is 0 Å². The van der Waals surface area contributed by atoms with E-state index in [-0.39, 0.29) is 21.2 Å². The molecule has 0 aromatic heterocycles. The lowest BCUT2D eigenvalue weighted by atomic mass is 10.1. The topological polar surface area (TPSA) is 72.5 Å². The molecule has 5 nitrogen and oxygen atoms in total. The first-order chi connectivity index (χ1) is 13.8. The van der Waals surface area contributed by atoms with Crippen molar-refractivity contribution in [3.63, 3.8) is 0 Å². The zero-order valence-corrected chi connectivity index (χ0v) is 18.5. The Morgan fingerprint density at radius 1 is 1.03 bits per heavy atom. The third-order valence-electron chi connectivity index (χ3n) is 3.91. The van der Waals surface area contributed by atoms with Crippen molar-refractivity contribution >= 4 is 64.2 Å². The second kappa shape index (κ2) is 11.5. The van der Waals surface area contributed by atoms with Gasteiger partial charge in [-0.1, -0.05) is 46.9 Å². The molecule has 1 unspecified atom stereocenters. The number of hydrogen-bond donors (Lipinski definition) is 1. The molecule has 2 aromatic carbocycles. The van der Waals surface area contributed by atoms with Crippen molar-refractivity contribution in [1.29, 1.82) is 0 Å². The highest BCUT2D eigenvalue weighted by Gasteiger charge is 2.24. The molecule has 0 saturated heterocycles. The standard InChI is InChI=1S/C20H18Cl3NO4S/c1-29-9-8-17(24-19(26)13-4-2-3-5-14(13)21)20(27)28-11-18(25)12-6-7-15(22)16(23)10-12/h2-7,10,17H,8-9,11H2,1H3,(H,24,26). The first-order valence-electron chi connectivity index (χ1n) is 8.52. The summed E-state index contributed by atoms with van der Waals surface area (Å²) in [6.45, 7) is -0.478. The molecule has 0 bridgehead atoms. The van der Waals surface area contributed by atoms with Gasteiger partial charge in [-0.15, -0.1) is 0 Å². The molecule has 0 fully saturated rings. The second-order valence-electron chi connectivity index (χ2n) is 5.95. The minimum Gasteiger partial charge on any atom is -0.456 e. The van der Waals surface area contributed by atoms with E-state index in [1.807, 2.05) is 6.26 Å². The number of hydrogen-bond acceptors (Lipinski definition) is 5. The third-order valence-corrected chi connectivity index (χ3v) is 5.62. The Morgan fingerprint density at radius 2 is 1.76 bits per heavy atom. The predicted molar refractivity (Wildman–Crippen MR) is 117 cm³/mol. The van der Waals surface area contributed by atoms with E-state index < -0.39 is 30.3 Å². The predicted octanol–water partition coefficient (Wildman–Crippen LogP) is 4.92. The Bertz CT molecular complexity index is 907. The molecule has 0 radical (unpaired) electrons. The van der Waals surface area contributed by atoms with Crippen LogP contribution in [0.3, 0.4) is 0 Å². The van der Waals surface area contributed by atoms with Crippen molar-refractivity contribution in [2.45, 2.75) is 12.5 Å². The molecule has 0 aliphatic heterocycles. The number of thioether (sulfide) groups is 1. The molecule has 9 heteroatoms. The fourth-order valence-corrected chi connectivity index (χ4v) is 3.35. The molecular weight excluding hydrogens is 457 g/mol. The van der Waals surface area contributed by atoms with E-state index in [1.165, 1.54) is 30.0 Å². The van der Waals surface area contributed by atoms with Gasteiger partial charge in [0.05, 0.1) is 20.6 Å². The Kier molecular flexibility index (Phi) is 9.30. The van der Waals surface area contributed by atoms with Crippen LogP contribution in [0.25, 0.3) is 0 Å². The quantitative estimate of drug-likeness (QED) is 0.412. The fraction of sp³-hybridized carbons (Fsp3) is 0.250. The number of Topliss-reactive ketones (excluding diaryl/α,β-unsaturated/α-hetero) is 1. The lowest BCUT2D eigenvalue weighted by molar-refractivity contribution is -0.144. The lowest BCUT2D eigenvalue weighted by Gasteiger charge is -2.17. The smallest absolute Gasteiger partial charge is 0.329 e. The number of amides is 1. The van der Waals surface area contributed by atoms with Crippen LogP contribution in [-0.2, 0) is 9.53 Å². The Balaban J connectivity index is 2.02. The third kappa shape index (κ3) is 6.93. The molecule has 0 heterocycles. The van der Waals surface area contributed by atoms with Crippen LogP contribution in [0.15, 0.2) is 42.5 Å². The maximum absolute atomic E-state index is 12.5. The van der Waals surface area contributed by atoms with Gasteiger partial charge in [-0.2, -0.15) is 11.8 Å². The van der Waals surface area contributed by atoms with Crippen LogP contribution in [0.2, 0.25) is 15.1 Å². The summed E-state index contributed by atoms with van der Waals surface area (Å²) < 4.78 is 5.13. The average molecular weight is 475 g/mol. The van der Waals surface area contributed by atoms with Gasteiger partial charge in [0.25, 0.3) is 5.91 Å². The summed E-state index contributed by atoms with van der Waals surface area (Å²) in [4.78, 5) is 37.2. The van der Waals surface area contributed by atoms with E-state index in [0.29, 0.717) is 17.2 Å². The molecule has 2 aromatic rings. The van der Waals surface area contributed by atoms with Crippen molar-refractivity contribution in [1.82, 2.24) is 5.32 Å². The van der Waals surface area contributed by atoms with E-state index in [4.69, 9.17) is 39.5 Å². The van der Waals surface area contributed by atoms with Gasteiger partial charge < -0.3 is 10.1 Å². The Hall–Kier alpha value is -1.73. The molecule has 1 N–H and O–H groups in total. The number of benzene rings is 2. The summed E-state index contributed by atoms with van der Waals surface area (Å²) in [5.74, 6) is -1.01. The van der Waals surface area contributed by atoms with E-state index in [2.05, 4.69) is 5.32 Å². The zero-order chi connectivity index (χ0) is 21.4. The molecule has 0 saturated carbocycles. The molecule has 2 rings (SSSR count). The van der Waals surface area contributed by atoms with Gasteiger partial charge in [-0.3, -0.25) is 9.59 Å². The van der Waals surface area contributed by atoms with Gasteiger partial charge >= 0.3 is 5.97 Å². The highest BCUT2D eigenvalue weighted by atomic mass is 35.5. The number of carbonyl (C=O) groups is 3. The molecular formula is C20H18Cl3NO4S. The Labute approximate surface area is 188 Å². The van der Waals surface area contributed by atoms with Crippen LogP contribution in [0.1, 0.15) is 27.1 Å². The van der Waals surface area contributed by atoms with Crippen molar-refractivity contribution < 1.29 is 19.1 Å². The van der Waals surface area contributed by atoms with Crippen LogP contribution < -0.4 is 5.32 Å². The van der Waals surface area contributed by atoms with Crippen LogP contribution in [0.5, 0.6) is 0 Å². The summed E-state index contributed by atoms with van der Waals surface area (Å²) in [5, 5.41) is 3.45. The SMILES string of the molecule is CSCCC(NC(=O)c1ccccc1Cl)C(=O)OCC(=O)c1ccc(Cl)c(Cl)c1. The van der Waals surface area contributed by atoms with E-state index in [1.54, 1.807) is 24.3 Å². The van der Waals surface area contributed by atoms with Crippen LogP contribution in [0.4, 0.5) is 0 Å². The summed E-state index contributed by atoms with van der Waals surface area (Å²) in [5.41, 5.74) is 0.524. The first-order valence-corrected chi connectivity index (χ1v) is 11.1. The highest BCUT2D eigenvalue weighted by Crippen LogP contribution is 2.23. The first kappa shape index (κ1) is 23.5. The largest absolute Gasteiger partial charge is 0.456 e. The number of carbonyl (C=O) groups excluding carboxylic acids is 3. The zero-order valence-electron chi connectivity index (χ0n) is 15.4. The fourth-order valence-electron chi connectivity index (χ4n) is 2.36. The van der Waals surface area contributed by atoms with Gasteiger partial charge in [-0.25, -0.2) is 4.79 Å². The monoisotopic (exact) mass is 473 g/mol. The maximum atomic E-state index is 12.5. The molecule has 0 aliphatic carbocycles. The Morgan fingerprint density at radius 3 is 2.41 bits per heavy atom. The van der Waals surface area contributed by atoms with Crippen LogP contribution >= 0.6 is 46.6 Å². The number of ether oxygens (including phenoxy) is 1. The highest BCUT2D eigenvalue weighted by molar-refractivity contribution is 7.98. The van der Waals surface area contributed by atoms with Gasteiger partial charge in [0.15, 0.2) is 12.4 Å². The molecule has 1 amide bonds. The minimum absolute atomic E-state index is 0.230. The van der Waals surface area contributed by atoms with Crippen molar-refractivity contribution in [2.24, 2.45) is 0 Å². The summed E-state index contributed by atoms with van der Waals surface area (Å²) in [6, 6.07) is 10.00. The summed E-state index contributed by atoms with van der Waals surface area (Å²) >= 11 is 19.3. The number of halogens is 3. The minimum atomic E-state index is -0.909. The average Bonchev–Trinajstić information content (AvgIpc) is 2.71. The van der Waals surface area contributed by atoms with E-state index in [0.717, 1.165) is 0 Å². The number of ketones is 1. The van der Waals surface area contributed by atoms with E-state index >= 15 is 0 Å². The van der Waals surface area contributed by atoms with Gasteiger partial charge in [0.1, 0.15) is 6.04 Å². The van der Waals surface area contributed by atoms with Gasteiger partial charge in [0, 0.05) is 5.56 Å². The maximum Gasteiger partial charge on any atom is 0.329 e. The second-order valence-corrected chi connectivity index (χ2v) is 8.15. The normalized spacial score (nSPS) is 11.6. The number of esters is 1. The summed E-state index contributed by atoms with van der Waals surface area (Å²) in [7, 11) is 0. The lowest BCUT2D eigenvalue weighted by Crippen LogP contribution is -2.42. The van der Waals surface area contributed by atoms with Gasteiger partial charge in [0.2, 0.25) is 0 Å². The molecule has 0 spiro atoms. The molecule has 1 atom stereocenters. The van der Waals surface area contributed by atoms with Crippen LogP contribution in [0, 0.1) is 0 Å². The molecule has 0 aliphatic rings. The molecule has 29 heavy (non-hydrogen) atoms. The summed E-state index contributed by atoms with van der Waals surface area (Å²) in [6.07, 6.45) is 2.23. The van der Waals surface area contributed by atoms with E-state index in [9.17, 15) is 14.4 Å². The van der Waals surface area contributed by atoms with Crippen LogP contribution in [-0.4, -0.2) is 42.3 Å². The van der Waals surface area contributed by atoms with Crippen molar-refractivity contribution in [2.75, 3.05) is 18.6 Å². The number of rotatable bonds is 9. The number of nitrogens with one attached hydrogen (secondary N) is 1.